The average molecular weight is 449 g/mol. The molecule has 7 nitrogen and oxygen atoms in total. The minimum absolute atomic E-state index is 0.0168. The standard InChI is InChI=1S/C26H28N2O5/c1-25(23(30)31)15-28(16-25)22(29)13-26(11-6-12-26)27-24(32)33-14-21-19-9-4-2-7-17(19)18-8-3-5-10-20(18)21/h2-5,7-10,21H,6,11-16H2,1H3,(H,27,32)(H,30,31). The molecule has 0 bridgehead atoms. The van der Waals surface area contributed by atoms with Crippen LogP contribution in [0.2, 0.25) is 0 Å². The number of carboxylic acid groups (broad SMARTS) is 1. The van der Waals surface area contributed by atoms with Gasteiger partial charge in [-0.15, -0.1) is 0 Å². The van der Waals surface area contributed by atoms with Gasteiger partial charge in [0.25, 0.3) is 0 Å². The lowest BCUT2D eigenvalue weighted by atomic mass is 9.73. The van der Waals surface area contributed by atoms with E-state index >= 15 is 0 Å². The molecular weight excluding hydrogens is 420 g/mol. The molecule has 2 fully saturated rings. The van der Waals surface area contributed by atoms with E-state index in [1.54, 1.807) is 11.8 Å². The number of benzene rings is 2. The van der Waals surface area contributed by atoms with Gasteiger partial charge in [0.1, 0.15) is 6.61 Å². The van der Waals surface area contributed by atoms with Crippen molar-refractivity contribution in [3.05, 3.63) is 59.7 Å². The normalized spacial score (nSPS) is 19.5. The first-order valence-corrected chi connectivity index (χ1v) is 11.4. The first kappa shape index (κ1) is 21.5. The minimum Gasteiger partial charge on any atom is -0.481 e. The van der Waals surface area contributed by atoms with Gasteiger partial charge in [0.15, 0.2) is 0 Å². The maximum atomic E-state index is 12.7. The highest BCUT2D eigenvalue weighted by Crippen LogP contribution is 2.44. The largest absolute Gasteiger partial charge is 0.481 e. The van der Waals surface area contributed by atoms with Crippen molar-refractivity contribution < 1.29 is 24.2 Å². The van der Waals surface area contributed by atoms with Gasteiger partial charge in [0.2, 0.25) is 5.91 Å². The number of hydrogen-bond donors (Lipinski definition) is 2. The van der Waals surface area contributed by atoms with Crippen LogP contribution in [0.3, 0.4) is 0 Å². The smallest absolute Gasteiger partial charge is 0.407 e. The van der Waals surface area contributed by atoms with Crippen molar-refractivity contribution in [3.8, 4) is 11.1 Å². The molecule has 0 unspecified atom stereocenters. The molecule has 5 rings (SSSR count). The molecule has 1 saturated carbocycles. The summed E-state index contributed by atoms with van der Waals surface area (Å²) in [6.45, 7) is 2.30. The fourth-order valence-corrected chi connectivity index (χ4v) is 5.31. The summed E-state index contributed by atoms with van der Waals surface area (Å²) in [7, 11) is 0. The summed E-state index contributed by atoms with van der Waals surface area (Å²) >= 11 is 0. The lowest BCUT2D eigenvalue weighted by Gasteiger charge is -2.48. The van der Waals surface area contributed by atoms with E-state index in [9.17, 15) is 19.5 Å². The van der Waals surface area contributed by atoms with Crippen LogP contribution in [0.25, 0.3) is 11.1 Å². The summed E-state index contributed by atoms with van der Waals surface area (Å²) < 4.78 is 5.67. The van der Waals surface area contributed by atoms with Crippen molar-refractivity contribution in [1.82, 2.24) is 10.2 Å². The highest BCUT2D eigenvalue weighted by Gasteiger charge is 2.49. The second-order valence-corrected chi connectivity index (χ2v) is 9.88. The highest BCUT2D eigenvalue weighted by atomic mass is 16.5. The number of nitrogens with zero attached hydrogens (tertiary/aromatic N) is 1. The summed E-state index contributed by atoms with van der Waals surface area (Å²) in [6.07, 6.45) is 2.03. The van der Waals surface area contributed by atoms with Gasteiger partial charge in [0.05, 0.1) is 17.4 Å². The zero-order chi connectivity index (χ0) is 23.2. The van der Waals surface area contributed by atoms with Crippen molar-refractivity contribution >= 4 is 18.0 Å². The second-order valence-electron chi connectivity index (χ2n) is 9.88. The molecule has 2 aliphatic carbocycles. The van der Waals surface area contributed by atoms with Gasteiger partial charge in [0, 0.05) is 19.0 Å². The topological polar surface area (TPSA) is 95.9 Å². The number of amides is 2. The molecule has 7 heteroatoms. The fourth-order valence-electron chi connectivity index (χ4n) is 5.31. The summed E-state index contributed by atoms with van der Waals surface area (Å²) in [5.74, 6) is -1.02. The zero-order valence-corrected chi connectivity index (χ0v) is 18.7. The fraction of sp³-hybridized carbons (Fsp3) is 0.423. The van der Waals surface area contributed by atoms with E-state index in [1.807, 2.05) is 24.3 Å². The third kappa shape index (κ3) is 3.75. The molecule has 0 radical (unpaired) electrons. The predicted octanol–water partition coefficient (Wildman–Crippen LogP) is 3.77. The van der Waals surface area contributed by atoms with Gasteiger partial charge < -0.3 is 20.1 Å². The van der Waals surface area contributed by atoms with Crippen molar-refractivity contribution in [2.24, 2.45) is 5.41 Å². The Morgan fingerprint density at radius 3 is 2.12 bits per heavy atom. The Bertz CT molecular complexity index is 1070. The van der Waals surface area contributed by atoms with Crippen LogP contribution in [0.5, 0.6) is 0 Å². The van der Waals surface area contributed by atoms with Crippen LogP contribution in [0, 0.1) is 5.41 Å². The van der Waals surface area contributed by atoms with E-state index in [-0.39, 0.29) is 37.9 Å². The number of alkyl carbamates (subject to hydrolysis) is 1. The van der Waals surface area contributed by atoms with Crippen molar-refractivity contribution in [1.29, 1.82) is 0 Å². The number of rotatable bonds is 6. The lowest BCUT2D eigenvalue weighted by Crippen LogP contribution is -2.63. The number of aliphatic carboxylic acids is 1. The molecular formula is C26H28N2O5. The van der Waals surface area contributed by atoms with E-state index in [0.717, 1.165) is 17.5 Å². The van der Waals surface area contributed by atoms with Crippen LogP contribution in [0.4, 0.5) is 4.79 Å². The number of carbonyl (C=O) groups is 3. The Kier molecular flexibility index (Phi) is 5.15. The maximum absolute atomic E-state index is 12.7. The van der Waals surface area contributed by atoms with Gasteiger partial charge in [-0.05, 0) is 48.4 Å². The summed E-state index contributed by atoms with van der Waals surface area (Å²) in [5, 5.41) is 12.2. The third-order valence-electron chi connectivity index (χ3n) is 7.46. The SMILES string of the molecule is CC1(C(=O)O)CN(C(=O)CC2(NC(=O)OCC3c4ccccc4-c4ccccc43)CCC2)C1. The molecule has 0 atom stereocenters. The lowest BCUT2D eigenvalue weighted by molar-refractivity contribution is -0.164. The minimum atomic E-state index is -0.887. The number of carboxylic acids is 1. The molecule has 0 spiro atoms. The van der Waals surface area contributed by atoms with Crippen molar-refractivity contribution in [3.63, 3.8) is 0 Å². The Hall–Kier alpha value is -3.35. The van der Waals surface area contributed by atoms with Gasteiger partial charge in [-0.2, -0.15) is 0 Å². The first-order valence-electron chi connectivity index (χ1n) is 11.4. The summed E-state index contributed by atoms with van der Waals surface area (Å²) in [6, 6.07) is 16.4. The molecule has 1 saturated heterocycles. The molecule has 0 aromatic heterocycles. The number of hydrogen-bond acceptors (Lipinski definition) is 4. The molecule has 1 heterocycles. The maximum Gasteiger partial charge on any atom is 0.407 e. The number of likely N-dealkylation sites (tertiary alicyclic amines) is 1. The molecule has 2 aromatic rings. The van der Waals surface area contributed by atoms with E-state index in [4.69, 9.17) is 4.74 Å². The third-order valence-corrected chi connectivity index (χ3v) is 7.46. The van der Waals surface area contributed by atoms with Crippen LogP contribution < -0.4 is 5.32 Å². The summed E-state index contributed by atoms with van der Waals surface area (Å²) in [4.78, 5) is 38.3. The average Bonchev–Trinajstić information content (AvgIpc) is 3.07. The molecule has 1 aliphatic heterocycles. The van der Waals surface area contributed by atoms with Gasteiger partial charge in [-0.25, -0.2) is 4.79 Å². The monoisotopic (exact) mass is 448 g/mol. The predicted molar refractivity (Wildman–Crippen MR) is 122 cm³/mol. The first-order chi connectivity index (χ1) is 15.8. The molecule has 2 amide bonds. The Morgan fingerprint density at radius 1 is 1.03 bits per heavy atom. The number of nitrogens with one attached hydrogen (secondary N) is 1. The molecule has 2 aromatic carbocycles. The van der Waals surface area contributed by atoms with Crippen molar-refractivity contribution in [2.45, 2.75) is 44.1 Å². The van der Waals surface area contributed by atoms with Crippen LogP contribution in [0.15, 0.2) is 48.5 Å². The van der Waals surface area contributed by atoms with Crippen LogP contribution >= 0.6 is 0 Å². The number of ether oxygens (including phenoxy) is 1. The Balaban J connectivity index is 1.20. The molecule has 2 N–H and O–H groups in total. The second kappa shape index (κ2) is 7.90. The van der Waals surface area contributed by atoms with E-state index in [0.29, 0.717) is 12.8 Å². The summed E-state index contributed by atoms with van der Waals surface area (Å²) in [5.41, 5.74) is 3.17. The Morgan fingerprint density at radius 2 is 1.61 bits per heavy atom. The number of fused-ring (bicyclic) bond motifs is 3. The van der Waals surface area contributed by atoms with Crippen LogP contribution in [-0.4, -0.2) is 53.2 Å². The van der Waals surface area contributed by atoms with E-state index < -0.39 is 23.0 Å². The highest BCUT2D eigenvalue weighted by molar-refractivity contribution is 5.84. The molecule has 3 aliphatic rings. The van der Waals surface area contributed by atoms with E-state index in [1.165, 1.54) is 11.1 Å². The Labute approximate surface area is 192 Å². The van der Waals surface area contributed by atoms with E-state index in [2.05, 4.69) is 29.6 Å². The number of carbonyl (C=O) groups excluding carboxylic acids is 2. The van der Waals surface area contributed by atoms with Crippen LogP contribution in [0.1, 0.15) is 49.7 Å². The van der Waals surface area contributed by atoms with Crippen LogP contribution in [-0.2, 0) is 14.3 Å². The molecule has 172 valence electrons. The zero-order valence-electron chi connectivity index (χ0n) is 18.7. The quantitative estimate of drug-likeness (QED) is 0.701. The van der Waals surface area contributed by atoms with Crippen molar-refractivity contribution in [2.75, 3.05) is 19.7 Å². The van der Waals surface area contributed by atoms with Gasteiger partial charge >= 0.3 is 12.1 Å². The molecule has 33 heavy (non-hydrogen) atoms. The van der Waals surface area contributed by atoms with Gasteiger partial charge in [-0.3, -0.25) is 9.59 Å². The van der Waals surface area contributed by atoms with Gasteiger partial charge in [-0.1, -0.05) is 48.5 Å².